The minimum Gasteiger partial charge on any atom is -0.349 e. The van der Waals surface area contributed by atoms with Crippen LogP contribution < -0.4 is 5.32 Å². The maximum atomic E-state index is 13.2. The molecule has 0 saturated carbocycles. The molecule has 0 aliphatic rings. The first-order valence-electron chi connectivity index (χ1n) is 6.58. The van der Waals surface area contributed by atoms with E-state index in [1.165, 1.54) is 30.0 Å². The van der Waals surface area contributed by atoms with Crippen LogP contribution in [0, 0.1) is 17.5 Å². The van der Waals surface area contributed by atoms with Crippen LogP contribution in [0.4, 0.5) is 13.2 Å². The number of hydrogen-bond donors (Lipinski definition) is 1. The van der Waals surface area contributed by atoms with Crippen molar-refractivity contribution in [3.63, 3.8) is 0 Å². The highest BCUT2D eigenvalue weighted by Crippen LogP contribution is 2.19. The van der Waals surface area contributed by atoms with Crippen molar-refractivity contribution in [3.8, 4) is 0 Å². The fourth-order valence-corrected chi connectivity index (χ4v) is 2.54. The quantitative estimate of drug-likeness (QED) is 0.840. The van der Waals surface area contributed by atoms with Crippen molar-refractivity contribution in [3.05, 3.63) is 65.5 Å². The van der Waals surface area contributed by atoms with Crippen LogP contribution in [0.5, 0.6) is 0 Å². The van der Waals surface area contributed by atoms with E-state index >= 15 is 0 Å². The summed E-state index contributed by atoms with van der Waals surface area (Å²) in [6.45, 7) is 1.69. The van der Waals surface area contributed by atoms with Crippen LogP contribution in [0.2, 0.25) is 0 Å². The molecule has 0 saturated heterocycles. The Balaban J connectivity index is 1.88. The molecule has 0 heterocycles. The van der Waals surface area contributed by atoms with Crippen LogP contribution in [0.15, 0.2) is 47.4 Å². The van der Waals surface area contributed by atoms with Crippen LogP contribution in [0.3, 0.4) is 0 Å². The standard InChI is InChI=1S/C16H14F3NOS/c1-10(11-2-7-14(18)15(19)8-11)20-16(21)9-22-13-5-3-12(17)4-6-13/h2-8,10H,9H2,1H3,(H,20,21). The smallest absolute Gasteiger partial charge is 0.230 e. The van der Waals surface area contributed by atoms with Crippen molar-refractivity contribution in [2.45, 2.75) is 17.9 Å². The molecule has 2 aromatic carbocycles. The molecule has 6 heteroatoms. The number of carbonyl (C=O) groups is 1. The number of rotatable bonds is 5. The van der Waals surface area contributed by atoms with Crippen LogP contribution in [0.25, 0.3) is 0 Å². The zero-order valence-corrected chi connectivity index (χ0v) is 12.6. The largest absolute Gasteiger partial charge is 0.349 e. The summed E-state index contributed by atoms with van der Waals surface area (Å²) in [5.41, 5.74) is 0.485. The van der Waals surface area contributed by atoms with Gasteiger partial charge in [-0.3, -0.25) is 4.79 Å². The molecule has 0 spiro atoms. The molecule has 22 heavy (non-hydrogen) atoms. The van der Waals surface area contributed by atoms with Gasteiger partial charge in [-0.25, -0.2) is 13.2 Å². The molecule has 2 nitrogen and oxygen atoms in total. The van der Waals surface area contributed by atoms with Gasteiger partial charge in [0.05, 0.1) is 11.8 Å². The number of thioether (sulfide) groups is 1. The molecule has 1 unspecified atom stereocenters. The summed E-state index contributed by atoms with van der Waals surface area (Å²) in [7, 11) is 0. The lowest BCUT2D eigenvalue weighted by Crippen LogP contribution is -2.28. The third-order valence-corrected chi connectivity index (χ3v) is 4.02. The number of nitrogens with one attached hydrogen (secondary N) is 1. The Morgan fingerprint density at radius 1 is 1.09 bits per heavy atom. The van der Waals surface area contributed by atoms with Crippen LogP contribution in [0.1, 0.15) is 18.5 Å². The van der Waals surface area contributed by atoms with Gasteiger partial charge in [0.2, 0.25) is 5.91 Å². The Hall–Kier alpha value is -1.95. The van der Waals surface area contributed by atoms with Crippen LogP contribution in [-0.2, 0) is 4.79 Å². The first-order valence-corrected chi connectivity index (χ1v) is 7.57. The molecule has 0 aliphatic carbocycles. The summed E-state index contributed by atoms with van der Waals surface area (Å²) >= 11 is 1.27. The van der Waals surface area contributed by atoms with E-state index in [0.29, 0.717) is 5.56 Å². The maximum absolute atomic E-state index is 13.2. The number of benzene rings is 2. The maximum Gasteiger partial charge on any atom is 0.230 e. The second-order valence-electron chi connectivity index (χ2n) is 4.71. The Morgan fingerprint density at radius 3 is 2.41 bits per heavy atom. The second-order valence-corrected chi connectivity index (χ2v) is 5.75. The van der Waals surface area contributed by atoms with Crippen LogP contribution in [-0.4, -0.2) is 11.7 Å². The highest BCUT2D eigenvalue weighted by molar-refractivity contribution is 8.00. The van der Waals surface area contributed by atoms with E-state index in [9.17, 15) is 18.0 Å². The van der Waals surface area contributed by atoms with Gasteiger partial charge in [-0.1, -0.05) is 6.07 Å². The summed E-state index contributed by atoms with van der Waals surface area (Å²) in [6.07, 6.45) is 0. The topological polar surface area (TPSA) is 29.1 Å². The van der Waals surface area contributed by atoms with Gasteiger partial charge in [0.1, 0.15) is 5.82 Å². The summed E-state index contributed by atoms with van der Waals surface area (Å²) in [5.74, 6) is -2.29. The molecule has 1 amide bonds. The summed E-state index contributed by atoms with van der Waals surface area (Å²) in [6, 6.07) is 8.91. The normalized spacial score (nSPS) is 12.0. The van der Waals surface area contributed by atoms with E-state index < -0.39 is 17.7 Å². The van der Waals surface area contributed by atoms with Gasteiger partial charge < -0.3 is 5.32 Å². The molecule has 1 atom stereocenters. The van der Waals surface area contributed by atoms with Crippen molar-refractivity contribution in [2.24, 2.45) is 0 Å². The van der Waals surface area contributed by atoms with E-state index in [2.05, 4.69) is 5.32 Å². The molecule has 2 rings (SSSR count). The van der Waals surface area contributed by atoms with Crippen molar-refractivity contribution in [1.29, 1.82) is 0 Å². The van der Waals surface area contributed by atoms with E-state index in [4.69, 9.17) is 0 Å². The second kappa shape index (κ2) is 7.35. The summed E-state index contributed by atoms with van der Waals surface area (Å²) in [5, 5.41) is 2.70. The zero-order valence-electron chi connectivity index (χ0n) is 11.8. The SMILES string of the molecule is CC(NC(=O)CSc1ccc(F)cc1)c1ccc(F)c(F)c1. The fraction of sp³-hybridized carbons (Fsp3) is 0.188. The Labute approximate surface area is 130 Å². The van der Waals surface area contributed by atoms with E-state index in [-0.39, 0.29) is 17.5 Å². The Bertz CT molecular complexity index is 661. The Kier molecular flexibility index (Phi) is 5.49. The number of hydrogen-bond acceptors (Lipinski definition) is 2. The predicted molar refractivity (Wildman–Crippen MR) is 80.0 cm³/mol. The van der Waals surface area contributed by atoms with Crippen molar-refractivity contribution < 1.29 is 18.0 Å². The van der Waals surface area contributed by atoms with Crippen LogP contribution >= 0.6 is 11.8 Å². The third-order valence-electron chi connectivity index (χ3n) is 3.00. The molecular weight excluding hydrogens is 311 g/mol. The van der Waals surface area contributed by atoms with Crippen molar-refractivity contribution >= 4 is 17.7 Å². The lowest BCUT2D eigenvalue weighted by atomic mass is 10.1. The van der Waals surface area contributed by atoms with Gasteiger partial charge in [0, 0.05) is 4.90 Å². The van der Waals surface area contributed by atoms with Gasteiger partial charge in [-0.2, -0.15) is 0 Å². The minimum atomic E-state index is -0.945. The third kappa shape index (κ3) is 4.53. The predicted octanol–water partition coefficient (Wildman–Crippen LogP) is 4.07. The number of carbonyl (C=O) groups excluding carboxylic acids is 1. The number of halogens is 3. The van der Waals surface area contributed by atoms with Gasteiger partial charge in [-0.15, -0.1) is 11.8 Å². The molecule has 0 radical (unpaired) electrons. The monoisotopic (exact) mass is 325 g/mol. The molecule has 0 bridgehead atoms. The molecule has 116 valence electrons. The fourth-order valence-electron chi connectivity index (χ4n) is 1.83. The molecular formula is C16H14F3NOS. The average Bonchev–Trinajstić information content (AvgIpc) is 2.49. The first kappa shape index (κ1) is 16.4. The first-order chi connectivity index (χ1) is 10.5. The summed E-state index contributed by atoms with van der Waals surface area (Å²) < 4.78 is 38.8. The van der Waals surface area contributed by atoms with E-state index in [0.717, 1.165) is 17.0 Å². The van der Waals surface area contributed by atoms with Gasteiger partial charge >= 0.3 is 0 Å². The van der Waals surface area contributed by atoms with Gasteiger partial charge in [-0.05, 0) is 48.9 Å². The van der Waals surface area contributed by atoms with Crippen molar-refractivity contribution in [2.75, 3.05) is 5.75 Å². The molecule has 2 aromatic rings. The molecule has 0 fully saturated rings. The lowest BCUT2D eigenvalue weighted by molar-refractivity contribution is -0.119. The Morgan fingerprint density at radius 2 is 1.77 bits per heavy atom. The summed E-state index contributed by atoms with van der Waals surface area (Å²) in [4.78, 5) is 12.6. The average molecular weight is 325 g/mol. The minimum absolute atomic E-state index is 0.152. The zero-order chi connectivity index (χ0) is 16.1. The highest BCUT2D eigenvalue weighted by Gasteiger charge is 2.12. The van der Waals surface area contributed by atoms with Crippen molar-refractivity contribution in [1.82, 2.24) is 5.32 Å². The van der Waals surface area contributed by atoms with E-state index in [1.54, 1.807) is 19.1 Å². The van der Waals surface area contributed by atoms with Gasteiger partial charge in [0.25, 0.3) is 0 Å². The van der Waals surface area contributed by atoms with Gasteiger partial charge in [0.15, 0.2) is 11.6 Å². The molecule has 1 N–H and O–H groups in total. The number of amides is 1. The molecule has 0 aliphatic heterocycles. The highest BCUT2D eigenvalue weighted by atomic mass is 32.2. The van der Waals surface area contributed by atoms with E-state index in [1.807, 2.05) is 0 Å². The lowest BCUT2D eigenvalue weighted by Gasteiger charge is -2.14. The molecule has 0 aromatic heterocycles.